The molecule has 1 fully saturated rings. The van der Waals surface area contributed by atoms with Crippen LogP contribution in [0.1, 0.15) is 25.7 Å². The summed E-state index contributed by atoms with van der Waals surface area (Å²) < 4.78 is 18.7. The lowest BCUT2D eigenvalue weighted by Gasteiger charge is -2.25. The van der Waals surface area contributed by atoms with Crippen molar-refractivity contribution < 1.29 is 13.9 Å². The molecule has 0 saturated carbocycles. The van der Waals surface area contributed by atoms with Crippen molar-refractivity contribution in [3.8, 4) is 0 Å². The van der Waals surface area contributed by atoms with Gasteiger partial charge in [0.2, 0.25) is 5.91 Å². The van der Waals surface area contributed by atoms with Crippen LogP contribution in [0.2, 0.25) is 0 Å². The van der Waals surface area contributed by atoms with Gasteiger partial charge in [-0.3, -0.25) is 9.69 Å². The van der Waals surface area contributed by atoms with Gasteiger partial charge in [-0.1, -0.05) is 6.07 Å². The number of nitrogens with one attached hydrogen (secondary N) is 1. The maximum atomic E-state index is 13.0. The van der Waals surface area contributed by atoms with E-state index in [1.807, 2.05) is 11.9 Å². The number of hydrogen-bond acceptors (Lipinski definition) is 3. The minimum atomic E-state index is -0.351. The normalized spacial score (nSPS) is 18.7. The summed E-state index contributed by atoms with van der Waals surface area (Å²) in [5, 5.41) is 2.70. The van der Waals surface area contributed by atoms with Crippen LogP contribution >= 0.6 is 0 Å². The van der Waals surface area contributed by atoms with Crippen LogP contribution in [0.25, 0.3) is 0 Å². The largest absolute Gasteiger partial charge is 0.378 e. The first kappa shape index (κ1) is 15.9. The Kier molecular flexibility index (Phi) is 6.14. The van der Waals surface area contributed by atoms with Gasteiger partial charge in [0.15, 0.2) is 0 Å². The van der Waals surface area contributed by atoms with Gasteiger partial charge < -0.3 is 10.1 Å². The molecule has 0 bridgehead atoms. The Balaban J connectivity index is 1.69. The predicted octanol–water partition coefficient (Wildman–Crippen LogP) is 2.66. The fourth-order valence-electron chi connectivity index (χ4n) is 2.49. The first-order valence-electron chi connectivity index (χ1n) is 7.49. The van der Waals surface area contributed by atoms with Gasteiger partial charge in [-0.25, -0.2) is 4.39 Å². The molecule has 0 radical (unpaired) electrons. The van der Waals surface area contributed by atoms with Crippen LogP contribution < -0.4 is 5.32 Å². The van der Waals surface area contributed by atoms with Crippen molar-refractivity contribution >= 4 is 11.6 Å². The van der Waals surface area contributed by atoms with E-state index in [2.05, 4.69) is 5.32 Å². The number of benzene rings is 1. The molecular weight excluding hydrogens is 271 g/mol. The van der Waals surface area contributed by atoms with Crippen LogP contribution in [0.15, 0.2) is 24.3 Å². The van der Waals surface area contributed by atoms with Gasteiger partial charge in [-0.2, -0.15) is 0 Å². The van der Waals surface area contributed by atoms with E-state index in [-0.39, 0.29) is 11.7 Å². The number of halogens is 1. The molecular formula is C16H23FN2O2. The van der Waals surface area contributed by atoms with E-state index >= 15 is 0 Å². The molecule has 1 N–H and O–H groups in total. The highest BCUT2D eigenvalue weighted by Gasteiger charge is 2.15. The number of carbonyl (C=O) groups excluding carboxylic acids is 1. The van der Waals surface area contributed by atoms with E-state index in [9.17, 15) is 9.18 Å². The molecule has 1 aromatic carbocycles. The monoisotopic (exact) mass is 294 g/mol. The number of amides is 1. The van der Waals surface area contributed by atoms with Gasteiger partial charge in [-0.15, -0.1) is 0 Å². The summed E-state index contributed by atoms with van der Waals surface area (Å²) >= 11 is 0. The predicted molar refractivity (Wildman–Crippen MR) is 80.7 cm³/mol. The lowest BCUT2D eigenvalue weighted by atomic mass is 10.1. The Hall–Kier alpha value is -1.46. The third-order valence-corrected chi connectivity index (χ3v) is 3.63. The molecule has 2 rings (SSSR count). The Morgan fingerprint density at radius 2 is 2.33 bits per heavy atom. The fraction of sp³-hybridized carbons (Fsp3) is 0.562. The third-order valence-electron chi connectivity index (χ3n) is 3.63. The second kappa shape index (κ2) is 8.10. The molecule has 116 valence electrons. The van der Waals surface area contributed by atoms with Gasteiger partial charge in [0.05, 0.1) is 12.6 Å². The zero-order valence-electron chi connectivity index (χ0n) is 12.5. The van der Waals surface area contributed by atoms with E-state index in [4.69, 9.17) is 4.74 Å². The highest BCUT2D eigenvalue weighted by atomic mass is 19.1. The summed E-state index contributed by atoms with van der Waals surface area (Å²) in [6.45, 7) is 1.97. The highest BCUT2D eigenvalue weighted by Crippen LogP contribution is 2.15. The summed E-state index contributed by atoms with van der Waals surface area (Å²) in [7, 11) is 1.91. The van der Waals surface area contributed by atoms with Crippen molar-refractivity contribution in [2.75, 3.05) is 32.1 Å². The van der Waals surface area contributed by atoms with Crippen molar-refractivity contribution in [1.29, 1.82) is 0 Å². The minimum absolute atomic E-state index is 0.132. The number of hydrogen-bond donors (Lipinski definition) is 1. The van der Waals surface area contributed by atoms with Crippen molar-refractivity contribution in [3.63, 3.8) is 0 Å². The number of ether oxygens (including phenoxy) is 1. The Bertz CT molecular complexity index is 461. The molecule has 1 aliphatic heterocycles. The Morgan fingerprint density at radius 3 is 3.05 bits per heavy atom. The molecule has 4 nitrogen and oxygen atoms in total. The quantitative estimate of drug-likeness (QED) is 0.877. The van der Waals surface area contributed by atoms with Crippen molar-refractivity contribution in [2.24, 2.45) is 0 Å². The topological polar surface area (TPSA) is 41.6 Å². The number of carbonyl (C=O) groups is 1. The first-order valence-corrected chi connectivity index (χ1v) is 7.49. The smallest absolute Gasteiger partial charge is 0.238 e. The second-order valence-corrected chi connectivity index (χ2v) is 5.57. The van der Waals surface area contributed by atoms with Gasteiger partial charge in [0.25, 0.3) is 0 Å². The lowest BCUT2D eigenvalue weighted by molar-refractivity contribution is -0.117. The van der Waals surface area contributed by atoms with Gasteiger partial charge in [0, 0.05) is 18.8 Å². The van der Waals surface area contributed by atoms with Crippen LogP contribution in [0.4, 0.5) is 10.1 Å². The minimum Gasteiger partial charge on any atom is -0.378 e. The average molecular weight is 294 g/mol. The average Bonchev–Trinajstić information content (AvgIpc) is 2.46. The summed E-state index contributed by atoms with van der Waals surface area (Å²) in [6, 6.07) is 5.92. The molecule has 1 atom stereocenters. The maximum absolute atomic E-state index is 13.0. The molecule has 1 heterocycles. The van der Waals surface area contributed by atoms with Crippen molar-refractivity contribution in [3.05, 3.63) is 30.1 Å². The van der Waals surface area contributed by atoms with Crippen LogP contribution in [-0.2, 0) is 9.53 Å². The molecule has 1 aliphatic rings. The summed E-state index contributed by atoms with van der Waals surface area (Å²) in [4.78, 5) is 13.8. The molecule has 0 aromatic heterocycles. The van der Waals surface area contributed by atoms with Crippen molar-refractivity contribution in [2.45, 2.75) is 31.8 Å². The fourth-order valence-corrected chi connectivity index (χ4v) is 2.49. The maximum Gasteiger partial charge on any atom is 0.238 e. The molecule has 5 heteroatoms. The summed E-state index contributed by atoms with van der Waals surface area (Å²) in [5.74, 6) is -0.483. The molecule has 1 saturated heterocycles. The van der Waals surface area contributed by atoms with Crippen LogP contribution in [0.5, 0.6) is 0 Å². The summed E-state index contributed by atoms with van der Waals surface area (Å²) in [5.41, 5.74) is 0.490. The number of anilines is 1. The molecule has 1 amide bonds. The van der Waals surface area contributed by atoms with Gasteiger partial charge >= 0.3 is 0 Å². The Morgan fingerprint density at radius 1 is 1.48 bits per heavy atom. The highest BCUT2D eigenvalue weighted by molar-refractivity contribution is 5.92. The number of rotatable bonds is 6. The van der Waals surface area contributed by atoms with E-state index in [0.29, 0.717) is 18.3 Å². The molecule has 0 unspecified atom stereocenters. The Labute approximate surface area is 125 Å². The van der Waals surface area contributed by atoms with E-state index in [1.165, 1.54) is 18.6 Å². The van der Waals surface area contributed by atoms with E-state index < -0.39 is 0 Å². The van der Waals surface area contributed by atoms with Gasteiger partial charge in [-0.05, 0) is 50.9 Å². The lowest BCUT2D eigenvalue weighted by Crippen LogP contribution is -2.33. The van der Waals surface area contributed by atoms with Crippen molar-refractivity contribution in [1.82, 2.24) is 4.90 Å². The molecule has 0 spiro atoms. The van der Waals surface area contributed by atoms with Crippen LogP contribution in [0, 0.1) is 5.82 Å². The second-order valence-electron chi connectivity index (χ2n) is 5.57. The van der Waals surface area contributed by atoms with Gasteiger partial charge in [0.1, 0.15) is 5.82 Å². The zero-order valence-corrected chi connectivity index (χ0v) is 12.5. The molecule has 1 aromatic rings. The molecule has 21 heavy (non-hydrogen) atoms. The SMILES string of the molecule is CN(CC[C@H]1CCCCO1)CC(=O)Nc1cccc(F)c1. The standard InChI is InChI=1S/C16H23FN2O2/c1-19(9-8-15-7-2-3-10-21-15)12-16(20)18-14-6-4-5-13(17)11-14/h4-6,11,15H,2-3,7-10,12H2,1H3,(H,18,20)/t15-/m1/s1. The molecule has 0 aliphatic carbocycles. The third kappa shape index (κ3) is 5.81. The summed E-state index contributed by atoms with van der Waals surface area (Å²) in [6.07, 6.45) is 4.77. The van der Waals surface area contributed by atoms with Crippen LogP contribution in [-0.4, -0.2) is 43.7 Å². The first-order chi connectivity index (χ1) is 10.1. The van der Waals surface area contributed by atoms with Crippen LogP contribution in [0.3, 0.4) is 0 Å². The van der Waals surface area contributed by atoms with E-state index in [0.717, 1.165) is 32.4 Å². The number of likely N-dealkylation sites (N-methyl/N-ethyl adjacent to an activating group) is 1. The zero-order chi connectivity index (χ0) is 15.1. The van der Waals surface area contributed by atoms with E-state index in [1.54, 1.807) is 12.1 Å². The number of nitrogens with zero attached hydrogens (tertiary/aromatic N) is 1.